The molecule has 0 aliphatic carbocycles. The third-order valence-electron chi connectivity index (χ3n) is 1.29. The van der Waals surface area contributed by atoms with Gasteiger partial charge < -0.3 is 4.90 Å². The quantitative estimate of drug-likeness (QED) is 0.306. The molecular formula is C6H17FN4. The fraction of sp³-hybridized carbons (Fsp3) is 1.00. The van der Waals surface area contributed by atoms with E-state index in [-0.39, 0.29) is 0 Å². The summed E-state index contributed by atoms with van der Waals surface area (Å²) >= 11 is 0. The van der Waals surface area contributed by atoms with Crippen LogP contribution < -0.4 is 11.3 Å². The first-order valence-electron chi connectivity index (χ1n) is 3.65. The molecule has 0 amide bonds. The number of rotatable bonds is 6. The van der Waals surface area contributed by atoms with Crippen molar-refractivity contribution in [2.75, 3.05) is 40.3 Å². The Kier molecular flexibility index (Phi) is 6.34. The van der Waals surface area contributed by atoms with Gasteiger partial charge in [0.25, 0.3) is 0 Å². The normalized spacial score (nSPS) is 11.5. The number of hydrogen-bond donors (Lipinski definition) is 2. The van der Waals surface area contributed by atoms with Gasteiger partial charge in [-0.05, 0) is 14.1 Å². The van der Waals surface area contributed by atoms with Gasteiger partial charge in [0.05, 0.1) is 0 Å². The minimum atomic E-state index is 0.338. The van der Waals surface area contributed by atoms with Gasteiger partial charge in [-0.15, -0.1) is 9.60 Å². The van der Waals surface area contributed by atoms with E-state index >= 15 is 0 Å². The van der Waals surface area contributed by atoms with Crippen molar-refractivity contribution >= 4 is 0 Å². The van der Waals surface area contributed by atoms with E-state index in [2.05, 4.69) is 5.43 Å². The van der Waals surface area contributed by atoms with Crippen molar-refractivity contribution in [3.8, 4) is 0 Å². The molecule has 0 atom stereocenters. The summed E-state index contributed by atoms with van der Waals surface area (Å²) in [5, 5.41) is 0.750. The largest absolute Gasteiger partial charge is 0.308 e. The highest BCUT2D eigenvalue weighted by molar-refractivity contribution is 4.50. The lowest BCUT2D eigenvalue weighted by molar-refractivity contribution is 0.0210. The molecule has 0 radical (unpaired) electrons. The van der Waals surface area contributed by atoms with Crippen LogP contribution in [-0.4, -0.2) is 50.3 Å². The monoisotopic (exact) mass is 164 g/mol. The SMILES string of the molecule is CN(C)CCN(F)CCNN. The summed E-state index contributed by atoms with van der Waals surface area (Å²) < 4.78 is 12.7. The minimum absolute atomic E-state index is 0.338. The molecule has 0 heterocycles. The number of nitrogens with one attached hydrogen (secondary N) is 1. The van der Waals surface area contributed by atoms with Gasteiger partial charge in [0.2, 0.25) is 0 Å². The van der Waals surface area contributed by atoms with Crippen LogP contribution in [0.25, 0.3) is 0 Å². The number of nitrogens with two attached hydrogens (primary N) is 1. The smallest absolute Gasteiger partial charge is 0.0430 e. The van der Waals surface area contributed by atoms with Crippen molar-refractivity contribution < 1.29 is 4.48 Å². The molecule has 4 nitrogen and oxygen atoms in total. The van der Waals surface area contributed by atoms with Crippen molar-refractivity contribution in [3.63, 3.8) is 0 Å². The average Bonchev–Trinajstić information content (AvgIpc) is 1.97. The first-order chi connectivity index (χ1) is 5.16. The first-order valence-corrected chi connectivity index (χ1v) is 3.65. The van der Waals surface area contributed by atoms with Gasteiger partial charge in [-0.2, -0.15) is 0 Å². The summed E-state index contributed by atoms with van der Waals surface area (Å²) in [6, 6.07) is 0. The highest BCUT2D eigenvalue weighted by Gasteiger charge is 2.00. The Morgan fingerprint density at radius 2 is 1.91 bits per heavy atom. The molecule has 11 heavy (non-hydrogen) atoms. The van der Waals surface area contributed by atoms with Crippen molar-refractivity contribution in [2.45, 2.75) is 0 Å². The van der Waals surface area contributed by atoms with Crippen LogP contribution >= 0.6 is 0 Å². The fourth-order valence-corrected chi connectivity index (χ4v) is 0.606. The second-order valence-corrected chi connectivity index (χ2v) is 2.67. The van der Waals surface area contributed by atoms with E-state index in [9.17, 15) is 4.48 Å². The number of likely N-dealkylation sites (N-methyl/N-ethyl adjacent to an activating group) is 1. The van der Waals surface area contributed by atoms with Crippen molar-refractivity contribution in [1.82, 2.24) is 15.4 Å². The first kappa shape index (κ1) is 10.8. The second kappa shape index (κ2) is 6.48. The van der Waals surface area contributed by atoms with Gasteiger partial charge in [0, 0.05) is 26.2 Å². The number of nitrogens with zero attached hydrogens (tertiary/aromatic N) is 2. The minimum Gasteiger partial charge on any atom is -0.308 e. The van der Waals surface area contributed by atoms with Crippen LogP contribution in [0.4, 0.5) is 4.48 Å². The Bertz CT molecular complexity index is 88.7. The maximum absolute atomic E-state index is 12.7. The summed E-state index contributed by atoms with van der Waals surface area (Å²) in [6.07, 6.45) is 0. The third kappa shape index (κ3) is 7.67. The van der Waals surface area contributed by atoms with Crippen molar-refractivity contribution in [2.24, 2.45) is 5.84 Å². The van der Waals surface area contributed by atoms with Crippen LogP contribution in [0.2, 0.25) is 0 Å². The molecule has 0 fully saturated rings. The van der Waals surface area contributed by atoms with Crippen LogP contribution in [-0.2, 0) is 0 Å². The van der Waals surface area contributed by atoms with Crippen LogP contribution in [0.5, 0.6) is 0 Å². The lowest BCUT2D eigenvalue weighted by Gasteiger charge is -2.14. The average molecular weight is 164 g/mol. The number of hydrogen-bond acceptors (Lipinski definition) is 4. The summed E-state index contributed by atoms with van der Waals surface area (Å²) in [7, 11) is 3.82. The highest BCUT2D eigenvalue weighted by atomic mass is 19.2. The van der Waals surface area contributed by atoms with Gasteiger partial charge in [-0.3, -0.25) is 11.3 Å². The molecule has 0 spiro atoms. The molecule has 3 N–H and O–H groups in total. The van der Waals surface area contributed by atoms with Crippen LogP contribution in [0.3, 0.4) is 0 Å². The van der Waals surface area contributed by atoms with Crippen molar-refractivity contribution in [1.29, 1.82) is 0 Å². The lowest BCUT2D eigenvalue weighted by Crippen LogP contribution is -2.34. The Balaban J connectivity index is 3.15. The zero-order chi connectivity index (χ0) is 8.69. The van der Waals surface area contributed by atoms with Crippen LogP contribution in [0.15, 0.2) is 0 Å². The third-order valence-corrected chi connectivity index (χ3v) is 1.29. The van der Waals surface area contributed by atoms with E-state index in [4.69, 9.17) is 5.84 Å². The highest BCUT2D eigenvalue weighted by Crippen LogP contribution is 1.87. The van der Waals surface area contributed by atoms with E-state index in [0.717, 1.165) is 11.7 Å². The van der Waals surface area contributed by atoms with Crippen LogP contribution in [0, 0.1) is 0 Å². The van der Waals surface area contributed by atoms with Gasteiger partial charge in [-0.25, -0.2) is 0 Å². The maximum Gasteiger partial charge on any atom is 0.0430 e. The molecule has 0 unspecified atom stereocenters. The van der Waals surface area contributed by atoms with Gasteiger partial charge in [0.1, 0.15) is 0 Å². The Morgan fingerprint density at radius 3 is 2.36 bits per heavy atom. The Labute approximate surface area is 67.0 Å². The molecule has 0 saturated carbocycles. The van der Waals surface area contributed by atoms with Gasteiger partial charge in [0.15, 0.2) is 0 Å². The fourth-order valence-electron chi connectivity index (χ4n) is 0.606. The molecule has 0 aliphatic heterocycles. The predicted molar refractivity (Wildman–Crippen MR) is 43.4 cm³/mol. The molecule has 68 valence electrons. The van der Waals surface area contributed by atoms with E-state index in [1.54, 1.807) is 0 Å². The van der Waals surface area contributed by atoms with E-state index in [1.807, 2.05) is 19.0 Å². The Hall–Kier alpha value is -0.230. The molecule has 0 saturated heterocycles. The predicted octanol–water partition coefficient (Wildman–Crippen LogP) is -0.802. The standard InChI is InChI=1S/C6H17FN4/c1-10(2)5-6-11(7)4-3-9-8/h9H,3-6,8H2,1-2H3. The lowest BCUT2D eigenvalue weighted by atomic mass is 10.5. The summed E-state index contributed by atoms with van der Waals surface area (Å²) in [5.41, 5.74) is 2.39. The molecule has 0 aliphatic rings. The van der Waals surface area contributed by atoms with Crippen LogP contribution in [0.1, 0.15) is 0 Å². The molecule has 5 heteroatoms. The number of halogens is 1. The van der Waals surface area contributed by atoms with E-state index in [0.29, 0.717) is 19.6 Å². The molecule has 0 bridgehead atoms. The summed E-state index contributed by atoms with van der Waals surface area (Å²) in [5.74, 6) is 4.98. The Morgan fingerprint density at radius 1 is 1.27 bits per heavy atom. The molecule has 0 aromatic carbocycles. The maximum atomic E-state index is 12.7. The zero-order valence-corrected chi connectivity index (χ0v) is 7.18. The summed E-state index contributed by atoms with van der Waals surface area (Å²) in [6.45, 7) is 1.96. The molecule has 0 rings (SSSR count). The topological polar surface area (TPSA) is 44.5 Å². The summed E-state index contributed by atoms with van der Waals surface area (Å²) in [4.78, 5) is 1.93. The molecule has 0 aromatic rings. The van der Waals surface area contributed by atoms with Crippen molar-refractivity contribution in [3.05, 3.63) is 0 Å². The second-order valence-electron chi connectivity index (χ2n) is 2.67. The van der Waals surface area contributed by atoms with Gasteiger partial charge >= 0.3 is 0 Å². The number of hydrazine groups is 1. The van der Waals surface area contributed by atoms with Gasteiger partial charge in [-0.1, -0.05) is 0 Å². The zero-order valence-electron chi connectivity index (χ0n) is 7.18. The molecular weight excluding hydrogens is 147 g/mol. The van der Waals surface area contributed by atoms with E-state index < -0.39 is 0 Å². The molecule has 0 aromatic heterocycles. The van der Waals surface area contributed by atoms with E-state index in [1.165, 1.54) is 0 Å².